The first-order valence-electron chi connectivity index (χ1n) is 12.3. The fraction of sp³-hybridized carbons (Fsp3) is 0.481. The molecule has 6 rings (SSSR count). The molecular weight excluding hydrogens is 410 g/mol. The van der Waals surface area contributed by atoms with Gasteiger partial charge in [0.15, 0.2) is 0 Å². The molecule has 2 fully saturated rings. The lowest BCUT2D eigenvalue weighted by atomic mass is 9.85. The van der Waals surface area contributed by atoms with E-state index < -0.39 is 0 Å². The Morgan fingerprint density at radius 1 is 1.12 bits per heavy atom. The number of fused-ring (bicyclic) bond motifs is 2. The Balaban J connectivity index is 1.31. The number of nitrogens with zero attached hydrogens (tertiary/aromatic N) is 4. The van der Waals surface area contributed by atoms with E-state index in [9.17, 15) is 0 Å². The van der Waals surface area contributed by atoms with Gasteiger partial charge in [-0.15, -0.1) is 0 Å². The molecular formula is C27H33N5O. The zero-order valence-electron chi connectivity index (χ0n) is 19.8. The van der Waals surface area contributed by atoms with Crippen molar-refractivity contribution in [3.05, 3.63) is 42.2 Å². The number of aromatic nitrogens is 4. The number of rotatable bonds is 5. The molecule has 0 radical (unpaired) electrons. The summed E-state index contributed by atoms with van der Waals surface area (Å²) in [5.41, 5.74) is 6.88. The average molecular weight is 444 g/mol. The summed E-state index contributed by atoms with van der Waals surface area (Å²) < 4.78 is 7.63. The maximum Gasteiger partial charge on any atom is 0.140 e. The van der Waals surface area contributed by atoms with Gasteiger partial charge in [0.1, 0.15) is 11.5 Å². The predicted molar refractivity (Wildman–Crippen MR) is 134 cm³/mol. The van der Waals surface area contributed by atoms with Gasteiger partial charge in [-0.25, -0.2) is 9.97 Å². The van der Waals surface area contributed by atoms with Crippen LogP contribution < -0.4 is 4.90 Å². The second-order valence-electron chi connectivity index (χ2n) is 10.2. The Morgan fingerprint density at radius 2 is 1.94 bits per heavy atom. The van der Waals surface area contributed by atoms with E-state index in [0.29, 0.717) is 5.92 Å². The molecule has 0 bridgehead atoms. The van der Waals surface area contributed by atoms with Crippen LogP contribution >= 0.6 is 0 Å². The molecule has 4 aromatic heterocycles. The fourth-order valence-electron chi connectivity index (χ4n) is 5.80. The van der Waals surface area contributed by atoms with Crippen LogP contribution in [0.5, 0.6) is 0 Å². The molecule has 6 nitrogen and oxygen atoms in total. The summed E-state index contributed by atoms with van der Waals surface area (Å²) in [6.07, 6.45) is 7.84. The molecule has 4 aromatic rings. The average Bonchev–Trinajstić information content (AvgIpc) is 3.34. The van der Waals surface area contributed by atoms with Crippen LogP contribution in [0, 0.1) is 11.8 Å². The fourth-order valence-corrected chi connectivity index (χ4v) is 5.80. The first-order valence-corrected chi connectivity index (χ1v) is 12.3. The van der Waals surface area contributed by atoms with Gasteiger partial charge in [0.25, 0.3) is 0 Å². The molecule has 172 valence electrons. The Bertz CT molecular complexity index is 1290. The summed E-state index contributed by atoms with van der Waals surface area (Å²) >= 11 is 0. The third kappa shape index (κ3) is 3.61. The zero-order chi connectivity index (χ0) is 22.5. The summed E-state index contributed by atoms with van der Waals surface area (Å²) in [5, 5.41) is 1.17. The summed E-state index contributed by atoms with van der Waals surface area (Å²) in [6.45, 7) is 8.66. The standard InChI is InChI=1S/C27H33N5O/c1-17(2)24-25(21-16-31(3)27-20(21)5-4-10-28-27)29-22-6-7-23(30-26(22)24)32-14-19(15-32)13-18-8-11-33-12-9-18/h4-7,10,16-19,29H,8-9,11-15H2,1-3H3. The van der Waals surface area contributed by atoms with Crippen molar-refractivity contribution in [3.63, 3.8) is 0 Å². The van der Waals surface area contributed by atoms with Gasteiger partial charge in [-0.05, 0) is 61.3 Å². The van der Waals surface area contributed by atoms with Crippen LogP contribution in [0.2, 0.25) is 0 Å². The van der Waals surface area contributed by atoms with E-state index in [0.717, 1.165) is 60.6 Å². The summed E-state index contributed by atoms with van der Waals surface area (Å²) in [6, 6.07) is 8.57. The first-order chi connectivity index (χ1) is 16.1. The van der Waals surface area contributed by atoms with E-state index in [1.165, 1.54) is 41.5 Å². The minimum absolute atomic E-state index is 0.362. The van der Waals surface area contributed by atoms with Gasteiger partial charge in [-0.3, -0.25) is 0 Å². The van der Waals surface area contributed by atoms with Crippen LogP contribution in [0.4, 0.5) is 5.82 Å². The second kappa shape index (κ2) is 8.17. The van der Waals surface area contributed by atoms with Gasteiger partial charge in [0.2, 0.25) is 0 Å². The van der Waals surface area contributed by atoms with Gasteiger partial charge in [0.05, 0.1) is 16.7 Å². The number of hydrogen-bond acceptors (Lipinski definition) is 4. The Morgan fingerprint density at radius 3 is 2.73 bits per heavy atom. The van der Waals surface area contributed by atoms with Crippen molar-refractivity contribution < 1.29 is 4.74 Å². The van der Waals surface area contributed by atoms with Gasteiger partial charge in [0, 0.05) is 62.3 Å². The van der Waals surface area contributed by atoms with Crippen molar-refractivity contribution >= 4 is 27.9 Å². The number of aromatic amines is 1. The van der Waals surface area contributed by atoms with Crippen LogP contribution in [0.25, 0.3) is 33.3 Å². The lowest BCUT2D eigenvalue weighted by Crippen LogP contribution is -2.48. The SMILES string of the molecule is CC(C)c1c(-c2cn(C)c3ncccc23)[nH]c2ccc(N3CC(CC4CCOCC4)C3)nc12. The maximum absolute atomic E-state index is 5.53. The van der Waals surface area contributed by atoms with Gasteiger partial charge in [-0.1, -0.05) is 13.8 Å². The van der Waals surface area contributed by atoms with Crippen LogP contribution in [-0.4, -0.2) is 45.8 Å². The molecule has 0 saturated carbocycles. The highest BCUT2D eigenvalue weighted by Crippen LogP contribution is 2.39. The highest BCUT2D eigenvalue weighted by Gasteiger charge is 2.31. The lowest BCUT2D eigenvalue weighted by molar-refractivity contribution is 0.0568. The predicted octanol–water partition coefficient (Wildman–Crippen LogP) is 5.49. The number of anilines is 1. The van der Waals surface area contributed by atoms with E-state index >= 15 is 0 Å². The maximum atomic E-state index is 5.53. The minimum atomic E-state index is 0.362. The summed E-state index contributed by atoms with van der Waals surface area (Å²) in [7, 11) is 2.06. The molecule has 2 aliphatic rings. The molecule has 0 amide bonds. The monoisotopic (exact) mass is 443 g/mol. The second-order valence-corrected chi connectivity index (χ2v) is 10.2. The molecule has 0 aliphatic carbocycles. The smallest absolute Gasteiger partial charge is 0.140 e. The molecule has 6 heterocycles. The number of H-pyrrole nitrogens is 1. The van der Waals surface area contributed by atoms with Crippen molar-refractivity contribution in [2.75, 3.05) is 31.2 Å². The van der Waals surface area contributed by atoms with E-state index in [1.807, 2.05) is 12.3 Å². The molecule has 6 heteroatoms. The zero-order valence-corrected chi connectivity index (χ0v) is 19.8. The number of aryl methyl sites for hydroxylation is 1. The Hall–Kier alpha value is -2.86. The van der Waals surface area contributed by atoms with E-state index in [2.05, 4.69) is 64.7 Å². The Labute approximate surface area is 195 Å². The van der Waals surface area contributed by atoms with Gasteiger partial charge in [-0.2, -0.15) is 0 Å². The number of nitrogens with one attached hydrogen (secondary N) is 1. The Kier molecular flexibility index (Phi) is 5.13. The van der Waals surface area contributed by atoms with Gasteiger partial charge >= 0.3 is 0 Å². The third-order valence-electron chi connectivity index (χ3n) is 7.53. The normalized spacial score (nSPS) is 18.0. The van der Waals surface area contributed by atoms with E-state index in [1.54, 1.807) is 0 Å². The largest absolute Gasteiger partial charge is 0.381 e. The van der Waals surface area contributed by atoms with Crippen LogP contribution in [0.15, 0.2) is 36.7 Å². The number of ether oxygens (including phenoxy) is 1. The topological polar surface area (TPSA) is 59.0 Å². The van der Waals surface area contributed by atoms with E-state index in [-0.39, 0.29) is 0 Å². The first kappa shape index (κ1) is 20.7. The molecule has 2 saturated heterocycles. The summed E-state index contributed by atoms with van der Waals surface area (Å²) in [5.74, 6) is 3.11. The highest BCUT2D eigenvalue weighted by molar-refractivity contribution is 5.98. The van der Waals surface area contributed by atoms with Crippen molar-refractivity contribution in [2.45, 2.75) is 39.0 Å². The molecule has 0 unspecified atom stereocenters. The molecule has 2 aliphatic heterocycles. The summed E-state index contributed by atoms with van der Waals surface area (Å²) in [4.78, 5) is 15.9. The molecule has 0 aromatic carbocycles. The van der Waals surface area contributed by atoms with Crippen LogP contribution in [0.3, 0.4) is 0 Å². The van der Waals surface area contributed by atoms with Crippen molar-refractivity contribution in [3.8, 4) is 11.3 Å². The molecule has 0 atom stereocenters. The highest BCUT2D eigenvalue weighted by atomic mass is 16.5. The van der Waals surface area contributed by atoms with Gasteiger partial charge < -0.3 is 19.2 Å². The molecule has 33 heavy (non-hydrogen) atoms. The third-order valence-corrected chi connectivity index (χ3v) is 7.53. The van der Waals surface area contributed by atoms with Crippen molar-refractivity contribution in [1.29, 1.82) is 0 Å². The molecule has 1 N–H and O–H groups in total. The van der Waals surface area contributed by atoms with Crippen LogP contribution in [0.1, 0.15) is 44.6 Å². The van der Waals surface area contributed by atoms with E-state index in [4.69, 9.17) is 9.72 Å². The quantitative estimate of drug-likeness (QED) is 0.443. The van der Waals surface area contributed by atoms with Crippen molar-refractivity contribution in [2.24, 2.45) is 18.9 Å². The minimum Gasteiger partial charge on any atom is -0.381 e. The lowest BCUT2D eigenvalue weighted by Gasteiger charge is -2.42. The number of pyridine rings is 2. The number of hydrogen-bond donors (Lipinski definition) is 1. The van der Waals surface area contributed by atoms with Crippen molar-refractivity contribution in [1.82, 2.24) is 19.5 Å². The van der Waals surface area contributed by atoms with Crippen LogP contribution in [-0.2, 0) is 11.8 Å². The molecule has 0 spiro atoms.